The normalized spacial score (nSPS) is 12.5. The molecule has 0 saturated heterocycles. The first-order valence-corrected chi connectivity index (χ1v) is 18.7. The van der Waals surface area contributed by atoms with Gasteiger partial charge in [-0.2, -0.15) is 0 Å². The van der Waals surface area contributed by atoms with Crippen LogP contribution in [0.2, 0.25) is 0 Å². The van der Waals surface area contributed by atoms with Gasteiger partial charge in [0.25, 0.3) is 0 Å². The van der Waals surface area contributed by atoms with Crippen LogP contribution in [-0.2, 0) is 5.41 Å². The molecule has 1 aliphatic rings. The Morgan fingerprint density at radius 2 is 0.600 bits per heavy atom. The molecule has 0 bridgehead atoms. The molecule has 1 aromatic heterocycles. The molecule has 0 amide bonds. The van der Waals surface area contributed by atoms with Gasteiger partial charge in [-0.1, -0.05) is 206 Å². The second-order valence-corrected chi connectivity index (χ2v) is 14.0. The zero-order chi connectivity index (χ0) is 36.6. The van der Waals surface area contributed by atoms with Gasteiger partial charge in [0.15, 0.2) is 17.5 Å². The molecule has 0 unspecified atom stereocenters. The predicted octanol–water partition coefficient (Wildman–Crippen LogP) is 12.6. The highest BCUT2D eigenvalue weighted by Gasteiger charge is 2.45. The van der Waals surface area contributed by atoms with Gasteiger partial charge in [0.05, 0.1) is 5.41 Å². The fraction of sp³-hybridized carbons (Fsp3) is 0.0192. The fourth-order valence-corrected chi connectivity index (χ4v) is 8.23. The quantitative estimate of drug-likeness (QED) is 0.166. The van der Waals surface area contributed by atoms with Crippen molar-refractivity contribution in [3.05, 3.63) is 235 Å². The number of hydrogen-bond donors (Lipinski definition) is 0. The molecule has 9 aromatic rings. The smallest absolute Gasteiger partial charge is 0.164 e. The first-order chi connectivity index (χ1) is 27.3. The largest absolute Gasteiger partial charge is 0.208 e. The third-order valence-electron chi connectivity index (χ3n) is 10.9. The van der Waals surface area contributed by atoms with E-state index in [4.69, 9.17) is 15.0 Å². The van der Waals surface area contributed by atoms with E-state index in [1.165, 1.54) is 44.5 Å². The van der Waals surface area contributed by atoms with Crippen molar-refractivity contribution in [2.24, 2.45) is 0 Å². The van der Waals surface area contributed by atoms with Gasteiger partial charge in [0.2, 0.25) is 0 Å². The van der Waals surface area contributed by atoms with Gasteiger partial charge in [-0.25, -0.2) is 15.0 Å². The van der Waals surface area contributed by atoms with E-state index >= 15 is 0 Å². The average Bonchev–Trinajstić information content (AvgIpc) is 3.58. The second kappa shape index (κ2) is 13.6. The summed E-state index contributed by atoms with van der Waals surface area (Å²) >= 11 is 0. The SMILES string of the molecule is c1ccc(-c2nc(-c3ccccc3)nc(-c3ccc(-c4ccc(-c5ccc6c(c5)-c5ccccc5C6(c5ccccc5)c5ccccc5)cc4)cc3)n2)cc1. The van der Waals surface area contributed by atoms with E-state index in [1.54, 1.807) is 0 Å². The minimum atomic E-state index is -0.392. The Kier molecular flexibility index (Phi) is 8.04. The summed E-state index contributed by atoms with van der Waals surface area (Å²) in [5, 5.41) is 0. The molecule has 0 saturated carbocycles. The van der Waals surface area contributed by atoms with Crippen molar-refractivity contribution in [3.8, 4) is 67.5 Å². The minimum absolute atomic E-state index is 0.392. The molecule has 0 spiro atoms. The number of rotatable bonds is 7. The summed E-state index contributed by atoms with van der Waals surface area (Å²) in [6.45, 7) is 0. The van der Waals surface area contributed by atoms with Gasteiger partial charge < -0.3 is 0 Å². The fourth-order valence-electron chi connectivity index (χ4n) is 8.23. The van der Waals surface area contributed by atoms with Crippen molar-refractivity contribution in [2.75, 3.05) is 0 Å². The highest BCUT2D eigenvalue weighted by Crippen LogP contribution is 2.56. The zero-order valence-corrected chi connectivity index (χ0v) is 30.0. The Morgan fingerprint density at radius 3 is 1.09 bits per heavy atom. The minimum Gasteiger partial charge on any atom is -0.208 e. The Balaban J connectivity index is 0.985. The molecule has 0 radical (unpaired) electrons. The Bertz CT molecular complexity index is 2660. The summed E-state index contributed by atoms with van der Waals surface area (Å²) in [4.78, 5) is 14.7. The molecular weight excluding hydrogens is 667 g/mol. The third kappa shape index (κ3) is 5.65. The van der Waals surface area contributed by atoms with Crippen molar-refractivity contribution in [2.45, 2.75) is 5.41 Å². The maximum absolute atomic E-state index is 4.91. The van der Waals surface area contributed by atoms with Gasteiger partial charge in [0.1, 0.15) is 0 Å². The number of benzene rings is 8. The van der Waals surface area contributed by atoms with Crippen molar-refractivity contribution < 1.29 is 0 Å². The van der Waals surface area contributed by atoms with Crippen LogP contribution < -0.4 is 0 Å². The van der Waals surface area contributed by atoms with E-state index in [1.807, 2.05) is 60.7 Å². The maximum Gasteiger partial charge on any atom is 0.164 e. The van der Waals surface area contributed by atoms with Gasteiger partial charge in [0, 0.05) is 16.7 Å². The molecule has 0 aliphatic heterocycles. The zero-order valence-electron chi connectivity index (χ0n) is 30.0. The lowest BCUT2D eigenvalue weighted by molar-refractivity contribution is 0.768. The summed E-state index contributed by atoms with van der Waals surface area (Å²) in [6, 6.07) is 75.4. The van der Waals surface area contributed by atoms with Crippen LogP contribution in [0, 0.1) is 0 Å². The molecule has 8 aromatic carbocycles. The van der Waals surface area contributed by atoms with Crippen LogP contribution in [0.1, 0.15) is 22.3 Å². The summed E-state index contributed by atoms with van der Waals surface area (Å²) in [6.07, 6.45) is 0. The highest BCUT2D eigenvalue weighted by atomic mass is 15.0. The van der Waals surface area contributed by atoms with Crippen LogP contribution in [0.3, 0.4) is 0 Å². The molecule has 3 nitrogen and oxygen atoms in total. The third-order valence-corrected chi connectivity index (χ3v) is 10.9. The molecule has 55 heavy (non-hydrogen) atoms. The summed E-state index contributed by atoms with van der Waals surface area (Å²) in [7, 11) is 0. The average molecular weight is 702 g/mol. The molecule has 10 rings (SSSR count). The monoisotopic (exact) mass is 701 g/mol. The molecule has 0 atom stereocenters. The molecule has 0 fully saturated rings. The first kappa shape index (κ1) is 32.4. The lowest BCUT2D eigenvalue weighted by Crippen LogP contribution is -2.28. The lowest BCUT2D eigenvalue weighted by atomic mass is 9.67. The highest BCUT2D eigenvalue weighted by molar-refractivity contribution is 5.89. The maximum atomic E-state index is 4.91. The Labute approximate surface area is 321 Å². The standard InChI is InChI=1S/C52H35N3/c1-5-15-39(16-6-1)49-53-50(40-17-7-2-8-18-40)55-51(54-49)41-31-29-37(30-32-41)36-25-27-38(28-26-36)42-33-34-48-46(35-42)45-23-13-14-24-47(45)52(48,43-19-9-3-10-20-43)44-21-11-4-12-22-44/h1-35H. The van der Waals surface area contributed by atoms with Crippen LogP contribution in [0.5, 0.6) is 0 Å². The van der Waals surface area contributed by atoms with Gasteiger partial charge in [-0.15, -0.1) is 0 Å². The van der Waals surface area contributed by atoms with E-state index in [-0.39, 0.29) is 0 Å². The van der Waals surface area contributed by atoms with Crippen molar-refractivity contribution in [3.63, 3.8) is 0 Å². The Morgan fingerprint density at radius 1 is 0.255 bits per heavy atom. The summed E-state index contributed by atoms with van der Waals surface area (Å²) in [5.74, 6) is 1.96. The van der Waals surface area contributed by atoms with E-state index in [2.05, 4.69) is 152 Å². The van der Waals surface area contributed by atoms with Crippen molar-refractivity contribution >= 4 is 0 Å². The molecule has 1 heterocycles. The topological polar surface area (TPSA) is 38.7 Å². The second-order valence-electron chi connectivity index (χ2n) is 14.0. The van der Waals surface area contributed by atoms with Gasteiger partial charge >= 0.3 is 0 Å². The molecule has 3 heteroatoms. The van der Waals surface area contributed by atoms with E-state index < -0.39 is 5.41 Å². The van der Waals surface area contributed by atoms with Crippen molar-refractivity contribution in [1.82, 2.24) is 15.0 Å². The number of fused-ring (bicyclic) bond motifs is 3. The predicted molar refractivity (Wildman–Crippen MR) is 224 cm³/mol. The van der Waals surface area contributed by atoms with Crippen LogP contribution >= 0.6 is 0 Å². The van der Waals surface area contributed by atoms with Crippen LogP contribution in [0.15, 0.2) is 212 Å². The van der Waals surface area contributed by atoms with Gasteiger partial charge in [-0.05, 0) is 61.7 Å². The van der Waals surface area contributed by atoms with Crippen LogP contribution in [-0.4, -0.2) is 15.0 Å². The first-order valence-electron chi connectivity index (χ1n) is 18.7. The number of nitrogens with zero attached hydrogens (tertiary/aromatic N) is 3. The summed E-state index contributed by atoms with van der Waals surface area (Å²) in [5.41, 5.74) is 14.9. The molecular formula is C52H35N3. The summed E-state index contributed by atoms with van der Waals surface area (Å²) < 4.78 is 0. The molecule has 1 aliphatic carbocycles. The lowest BCUT2D eigenvalue weighted by Gasteiger charge is -2.33. The van der Waals surface area contributed by atoms with Crippen LogP contribution in [0.4, 0.5) is 0 Å². The van der Waals surface area contributed by atoms with E-state index in [0.29, 0.717) is 17.5 Å². The molecule has 0 N–H and O–H groups in total. The Hall–Kier alpha value is -7.23. The van der Waals surface area contributed by atoms with Crippen LogP contribution in [0.25, 0.3) is 67.5 Å². The van der Waals surface area contributed by atoms with Crippen molar-refractivity contribution in [1.29, 1.82) is 0 Å². The van der Waals surface area contributed by atoms with Gasteiger partial charge in [-0.3, -0.25) is 0 Å². The molecule has 258 valence electrons. The van der Waals surface area contributed by atoms with E-state index in [0.717, 1.165) is 27.8 Å². The van der Waals surface area contributed by atoms with E-state index in [9.17, 15) is 0 Å². The number of aromatic nitrogens is 3. The number of hydrogen-bond acceptors (Lipinski definition) is 3.